The van der Waals surface area contributed by atoms with E-state index in [1.54, 1.807) is 12.4 Å². The molecule has 2 N–H and O–H groups in total. The van der Waals surface area contributed by atoms with Crippen LogP contribution in [-0.4, -0.2) is 30.1 Å². The van der Waals surface area contributed by atoms with E-state index in [0.29, 0.717) is 23.3 Å². The first-order valence-corrected chi connectivity index (χ1v) is 7.54. The normalized spacial score (nSPS) is 10.9. The molecule has 4 aromatic rings. The minimum atomic E-state index is 0.606. The van der Waals surface area contributed by atoms with Crippen LogP contribution < -0.4 is 5.32 Å². The van der Waals surface area contributed by atoms with Crippen molar-refractivity contribution in [3.05, 3.63) is 54.4 Å². The summed E-state index contributed by atoms with van der Waals surface area (Å²) < 4.78 is 0. The molecule has 7 nitrogen and oxygen atoms in total. The highest BCUT2D eigenvalue weighted by Crippen LogP contribution is 2.29. The Bertz CT molecular complexity index is 1000. The highest BCUT2D eigenvalue weighted by Gasteiger charge is 2.12. The summed E-state index contributed by atoms with van der Waals surface area (Å²) in [6.45, 7) is 3.71. The van der Waals surface area contributed by atoms with Gasteiger partial charge in [-0.3, -0.25) is 5.10 Å². The number of benzene rings is 1. The van der Waals surface area contributed by atoms with Gasteiger partial charge < -0.3 is 5.32 Å². The van der Waals surface area contributed by atoms with Crippen molar-refractivity contribution in [2.24, 2.45) is 0 Å². The largest absolute Gasteiger partial charge is 0.339 e. The Hall–Kier alpha value is -3.35. The predicted molar refractivity (Wildman–Crippen MR) is 91.9 cm³/mol. The third kappa shape index (κ3) is 2.56. The Labute approximate surface area is 138 Å². The van der Waals surface area contributed by atoms with Crippen LogP contribution in [0.3, 0.4) is 0 Å². The number of hydrogen-bond donors (Lipinski definition) is 2. The van der Waals surface area contributed by atoms with Gasteiger partial charge in [0.25, 0.3) is 0 Å². The van der Waals surface area contributed by atoms with E-state index in [9.17, 15) is 0 Å². The number of rotatable bonds is 3. The van der Waals surface area contributed by atoms with Crippen LogP contribution >= 0.6 is 0 Å². The van der Waals surface area contributed by atoms with Crippen LogP contribution in [0.15, 0.2) is 42.7 Å². The van der Waals surface area contributed by atoms with Crippen LogP contribution in [-0.2, 0) is 0 Å². The smallest absolute Gasteiger partial charge is 0.167 e. The van der Waals surface area contributed by atoms with Gasteiger partial charge in [-0.15, -0.1) is 0 Å². The number of anilines is 2. The molecular formula is C17H15N7. The second kappa shape index (κ2) is 5.69. The highest BCUT2D eigenvalue weighted by molar-refractivity contribution is 5.93. The standard InChI is InChI=1S/C17H15N7/c1-10-20-11(2)22-17(21-10)12-5-4-8-18-16(12)23-14-6-3-7-15-13(14)9-19-24-15/h3-9H,1-2H3,(H,18,23)(H,19,24). The molecule has 0 bridgehead atoms. The second-order valence-electron chi connectivity index (χ2n) is 5.41. The molecule has 118 valence electrons. The maximum absolute atomic E-state index is 4.46. The Morgan fingerprint density at radius 2 is 1.79 bits per heavy atom. The van der Waals surface area contributed by atoms with E-state index in [-0.39, 0.29) is 0 Å². The molecule has 0 saturated heterocycles. The molecule has 0 unspecified atom stereocenters. The van der Waals surface area contributed by atoms with Crippen molar-refractivity contribution in [3.8, 4) is 11.4 Å². The minimum Gasteiger partial charge on any atom is -0.339 e. The fraction of sp³-hybridized carbons (Fsp3) is 0.118. The first-order chi connectivity index (χ1) is 11.7. The Balaban J connectivity index is 1.81. The van der Waals surface area contributed by atoms with Gasteiger partial charge in [0, 0.05) is 11.6 Å². The van der Waals surface area contributed by atoms with Gasteiger partial charge in [0.05, 0.1) is 23.0 Å². The van der Waals surface area contributed by atoms with Crippen LogP contribution in [0.25, 0.3) is 22.3 Å². The first kappa shape index (κ1) is 14.3. The molecule has 0 aliphatic rings. The Morgan fingerprint density at radius 1 is 0.958 bits per heavy atom. The maximum Gasteiger partial charge on any atom is 0.167 e. The molecule has 3 aromatic heterocycles. The van der Waals surface area contributed by atoms with E-state index in [2.05, 4.69) is 35.5 Å². The minimum absolute atomic E-state index is 0.606. The number of aryl methyl sites for hydroxylation is 2. The zero-order valence-corrected chi connectivity index (χ0v) is 13.3. The summed E-state index contributed by atoms with van der Waals surface area (Å²) in [5.74, 6) is 2.67. The molecule has 0 atom stereocenters. The van der Waals surface area contributed by atoms with Gasteiger partial charge >= 0.3 is 0 Å². The average molecular weight is 317 g/mol. The van der Waals surface area contributed by atoms with Crippen molar-refractivity contribution >= 4 is 22.4 Å². The lowest BCUT2D eigenvalue weighted by Crippen LogP contribution is -2.02. The van der Waals surface area contributed by atoms with Gasteiger partial charge in [-0.25, -0.2) is 19.9 Å². The van der Waals surface area contributed by atoms with Crippen molar-refractivity contribution in [2.75, 3.05) is 5.32 Å². The van der Waals surface area contributed by atoms with E-state index in [4.69, 9.17) is 0 Å². The molecule has 0 aliphatic heterocycles. The Kier molecular flexibility index (Phi) is 3.38. The molecule has 24 heavy (non-hydrogen) atoms. The SMILES string of the molecule is Cc1nc(C)nc(-c2cccnc2Nc2cccc3[nH]ncc23)n1. The fourth-order valence-corrected chi connectivity index (χ4v) is 2.63. The molecule has 0 aliphatic carbocycles. The van der Waals surface area contributed by atoms with E-state index in [1.165, 1.54) is 0 Å². The number of pyridine rings is 1. The third-order valence-corrected chi connectivity index (χ3v) is 3.65. The number of aromatic nitrogens is 6. The van der Waals surface area contributed by atoms with E-state index in [0.717, 1.165) is 22.2 Å². The molecule has 7 heteroatoms. The third-order valence-electron chi connectivity index (χ3n) is 3.65. The van der Waals surface area contributed by atoms with Crippen molar-refractivity contribution in [3.63, 3.8) is 0 Å². The monoisotopic (exact) mass is 317 g/mol. The van der Waals surface area contributed by atoms with Crippen LogP contribution in [0.1, 0.15) is 11.6 Å². The summed E-state index contributed by atoms with van der Waals surface area (Å²) in [6, 6.07) is 9.74. The van der Waals surface area contributed by atoms with Gasteiger partial charge in [-0.05, 0) is 38.1 Å². The molecule has 0 fully saturated rings. The van der Waals surface area contributed by atoms with E-state index < -0.39 is 0 Å². The van der Waals surface area contributed by atoms with Gasteiger partial charge in [-0.1, -0.05) is 6.07 Å². The van der Waals surface area contributed by atoms with Crippen LogP contribution in [0, 0.1) is 13.8 Å². The van der Waals surface area contributed by atoms with Crippen molar-refractivity contribution in [1.29, 1.82) is 0 Å². The van der Waals surface area contributed by atoms with Crippen molar-refractivity contribution in [1.82, 2.24) is 30.1 Å². The fourth-order valence-electron chi connectivity index (χ4n) is 2.63. The van der Waals surface area contributed by atoms with Crippen LogP contribution in [0.5, 0.6) is 0 Å². The summed E-state index contributed by atoms with van der Waals surface area (Å²) in [7, 11) is 0. The second-order valence-corrected chi connectivity index (χ2v) is 5.41. The number of H-pyrrole nitrogens is 1. The molecule has 1 aromatic carbocycles. The van der Waals surface area contributed by atoms with Gasteiger partial charge in [-0.2, -0.15) is 5.10 Å². The molecule has 4 rings (SSSR count). The summed E-state index contributed by atoms with van der Waals surface area (Å²) >= 11 is 0. The summed E-state index contributed by atoms with van der Waals surface area (Å²) in [6.07, 6.45) is 3.53. The van der Waals surface area contributed by atoms with E-state index in [1.807, 2.05) is 44.2 Å². The zero-order chi connectivity index (χ0) is 16.5. The van der Waals surface area contributed by atoms with Crippen molar-refractivity contribution in [2.45, 2.75) is 13.8 Å². The number of fused-ring (bicyclic) bond motifs is 1. The Morgan fingerprint density at radius 3 is 2.62 bits per heavy atom. The highest BCUT2D eigenvalue weighted by atomic mass is 15.1. The van der Waals surface area contributed by atoms with Gasteiger partial charge in [0.2, 0.25) is 0 Å². The molecule has 0 amide bonds. The lowest BCUT2D eigenvalue weighted by Gasteiger charge is -2.11. The summed E-state index contributed by atoms with van der Waals surface area (Å²) in [5, 5.41) is 11.4. The quantitative estimate of drug-likeness (QED) is 0.603. The molecule has 0 radical (unpaired) electrons. The molecule has 3 heterocycles. The predicted octanol–water partition coefficient (Wildman–Crippen LogP) is 3.17. The number of nitrogens with one attached hydrogen (secondary N) is 2. The first-order valence-electron chi connectivity index (χ1n) is 7.54. The van der Waals surface area contributed by atoms with Crippen LogP contribution in [0.4, 0.5) is 11.5 Å². The topological polar surface area (TPSA) is 92.3 Å². The summed E-state index contributed by atoms with van der Waals surface area (Å²) in [5.41, 5.74) is 2.71. The molecular weight excluding hydrogens is 302 g/mol. The van der Waals surface area contributed by atoms with Crippen LogP contribution in [0.2, 0.25) is 0 Å². The number of hydrogen-bond acceptors (Lipinski definition) is 6. The lowest BCUT2D eigenvalue weighted by molar-refractivity contribution is 0.928. The molecule has 0 spiro atoms. The average Bonchev–Trinajstić information content (AvgIpc) is 3.04. The van der Waals surface area contributed by atoms with E-state index >= 15 is 0 Å². The maximum atomic E-state index is 4.46. The van der Waals surface area contributed by atoms with Gasteiger partial charge in [0.15, 0.2) is 5.82 Å². The number of aromatic amines is 1. The summed E-state index contributed by atoms with van der Waals surface area (Å²) in [4.78, 5) is 17.6. The van der Waals surface area contributed by atoms with Gasteiger partial charge in [0.1, 0.15) is 17.5 Å². The zero-order valence-electron chi connectivity index (χ0n) is 13.3. The van der Waals surface area contributed by atoms with Crippen molar-refractivity contribution < 1.29 is 0 Å². The number of nitrogens with zero attached hydrogens (tertiary/aromatic N) is 5. The molecule has 0 saturated carbocycles. The lowest BCUT2D eigenvalue weighted by atomic mass is 10.2.